The molecule has 1 fully saturated rings. The van der Waals surface area contributed by atoms with E-state index in [9.17, 15) is 0 Å². The molecular formula is C12H20N4O. The van der Waals surface area contributed by atoms with Gasteiger partial charge in [0.25, 0.3) is 0 Å². The van der Waals surface area contributed by atoms with E-state index in [1.54, 1.807) is 12.4 Å². The molecule has 0 amide bonds. The second kappa shape index (κ2) is 6.05. The summed E-state index contributed by atoms with van der Waals surface area (Å²) in [6, 6.07) is -0.143. The molecule has 2 heterocycles. The van der Waals surface area contributed by atoms with Gasteiger partial charge in [-0.3, -0.25) is 4.90 Å². The van der Waals surface area contributed by atoms with E-state index < -0.39 is 0 Å². The summed E-state index contributed by atoms with van der Waals surface area (Å²) < 4.78 is 5.75. The summed E-state index contributed by atoms with van der Waals surface area (Å²) in [6.07, 6.45) is 6.25. The van der Waals surface area contributed by atoms with Crippen LogP contribution >= 0.6 is 0 Å². The Balaban J connectivity index is 1.97. The maximum absolute atomic E-state index is 6.20. The van der Waals surface area contributed by atoms with Crippen molar-refractivity contribution in [3.05, 3.63) is 24.3 Å². The van der Waals surface area contributed by atoms with Gasteiger partial charge in [0.15, 0.2) is 0 Å². The van der Waals surface area contributed by atoms with Gasteiger partial charge in [-0.2, -0.15) is 0 Å². The molecule has 0 bridgehead atoms. The van der Waals surface area contributed by atoms with Crippen molar-refractivity contribution in [1.29, 1.82) is 0 Å². The Morgan fingerprint density at radius 1 is 1.53 bits per heavy atom. The van der Waals surface area contributed by atoms with Gasteiger partial charge in [-0.05, 0) is 13.0 Å². The van der Waals surface area contributed by atoms with Crippen molar-refractivity contribution in [1.82, 2.24) is 14.9 Å². The molecule has 0 spiro atoms. The molecule has 17 heavy (non-hydrogen) atoms. The molecule has 94 valence electrons. The molecule has 1 aliphatic heterocycles. The smallest absolute Gasteiger partial charge is 0.115 e. The van der Waals surface area contributed by atoms with Crippen molar-refractivity contribution in [2.45, 2.75) is 25.5 Å². The molecule has 1 aliphatic rings. The fourth-order valence-corrected chi connectivity index (χ4v) is 2.17. The molecule has 5 nitrogen and oxygen atoms in total. The predicted molar refractivity (Wildman–Crippen MR) is 65.4 cm³/mol. The molecule has 2 unspecified atom stereocenters. The van der Waals surface area contributed by atoms with Crippen LogP contribution < -0.4 is 5.73 Å². The number of nitrogens with zero attached hydrogens (tertiary/aromatic N) is 3. The normalized spacial score (nSPS) is 23.5. The molecule has 0 aromatic carbocycles. The van der Waals surface area contributed by atoms with Crippen molar-refractivity contribution in [3.8, 4) is 0 Å². The van der Waals surface area contributed by atoms with Crippen LogP contribution in [0.3, 0.4) is 0 Å². The topological polar surface area (TPSA) is 64.3 Å². The van der Waals surface area contributed by atoms with Crippen molar-refractivity contribution in [3.63, 3.8) is 0 Å². The van der Waals surface area contributed by atoms with Crippen LogP contribution in [-0.2, 0) is 4.74 Å². The zero-order valence-corrected chi connectivity index (χ0v) is 10.2. The SMILES string of the molecule is CCCN1CCOC(C(N)c2cncnc2)C1. The monoisotopic (exact) mass is 236 g/mol. The minimum absolute atomic E-state index is 0.0429. The lowest BCUT2D eigenvalue weighted by Crippen LogP contribution is -2.47. The molecule has 0 aliphatic carbocycles. The number of nitrogens with two attached hydrogens (primary N) is 1. The third-order valence-corrected chi connectivity index (χ3v) is 3.08. The maximum atomic E-state index is 6.20. The number of hydrogen-bond acceptors (Lipinski definition) is 5. The second-order valence-electron chi connectivity index (χ2n) is 4.41. The molecule has 0 radical (unpaired) electrons. The van der Waals surface area contributed by atoms with Crippen molar-refractivity contribution < 1.29 is 4.74 Å². The predicted octanol–water partition coefficient (Wildman–Crippen LogP) is 0.587. The lowest BCUT2D eigenvalue weighted by Gasteiger charge is -2.35. The van der Waals surface area contributed by atoms with Crippen LogP contribution in [0.25, 0.3) is 0 Å². The lowest BCUT2D eigenvalue weighted by atomic mass is 10.0. The Kier molecular flexibility index (Phi) is 4.42. The van der Waals surface area contributed by atoms with Crippen LogP contribution in [0.15, 0.2) is 18.7 Å². The van der Waals surface area contributed by atoms with Crippen LogP contribution in [0.2, 0.25) is 0 Å². The van der Waals surface area contributed by atoms with Crippen molar-refractivity contribution >= 4 is 0 Å². The average molecular weight is 236 g/mol. The fraction of sp³-hybridized carbons (Fsp3) is 0.667. The fourth-order valence-electron chi connectivity index (χ4n) is 2.17. The van der Waals surface area contributed by atoms with Crippen LogP contribution in [0, 0.1) is 0 Å². The third kappa shape index (κ3) is 3.21. The summed E-state index contributed by atoms with van der Waals surface area (Å²) in [5.74, 6) is 0. The van der Waals surface area contributed by atoms with Crippen LogP contribution in [0.1, 0.15) is 24.9 Å². The largest absolute Gasteiger partial charge is 0.374 e. The van der Waals surface area contributed by atoms with E-state index in [0.717, 1.165) is 38.2 Å². The van der Waals surface area contributed by atoms with E-state index >= 15 is 0 Å². The molecule has 2 atom stereocenters. The van der Waals surface area contributed by atoms with E-state index in [1.807, 2.05) is 0 Å². The minimum atomic E-state index is -0.143. The van der Waals surface area contributed by atoms with E-state index in [0.29, 0.717) is 0 Å². The Labute approximate surface area is 102 Å². The summed E-state index contributed by atoms with van der Waals surface area (Å²) >= 11 is 0. The van der Waals surface area contributed by atoms with Crippen LogP contribution in [0.5, 0.6) is 0 Å². The van der Waals surface area contributed by atoms with Gasteiger partial charge in [0.2, 0.25) is 0 Å². The summed E-state index contributed by atoms with van der Waals surface area (Å²) in [6.45, 7) is 5.95. The highest BCUT2D eigenvalue weighted by Crippen LogP contribution is 2.18. The van der Waals surface area contributed by atoms with E-state index in [4.69, 9.17) is 10.5 Å². The second-order valence-corrected chi connectivity index (χ2v) is 4.41. The summed E-state index contributed by atoms with van der Waals surface area (Å²) in [5.41, 5.74) is 7.14. The van der Waals surface area contributed by atoms with Gasteiger partial charge in [0.1, 0.15) is 6.33 Å². The van der Waals surface area contributed by atoms with Gasteiger partial charge in [-0.15, -0.1) is 0 Å². The van der Waals surface area contributed by atoms with Gasteiger partial charge in [0, 0.05) is 31.0 Å². The van der Waals surface area contributed by atoms with E-state index in [1.165, 1.54) is 6.33 Å². The van der Waals surface area contributed by atoms with Crippen molar-refractivity contribution in [2.24, 2.45) is 5.73 Å². The Morgan fingerprint density at radius 3 is 3.00 bits per heavy atom. The molecule has 1 saturated heterocycles. The Hall–Kier alpha value is -1.04. The number of hydrogen-bond donors (Lipinski definition) is 1. The maximum Gasteiger partial charge on any atom is 0.115 e. The number of rotatable bonds is 4. The first kappa shape index (κ1) is 12.4. The number of ether oxygens (including phenoxy) is 1. The summed E-state index contributed by atoms with van der Waals surface area (Å²) in [4.78, 5) is 10.4. The molecule has 1 aromatic rings. The molecule has 5 heteroatoms. The number of morpholine rings is 1. The molecule has 0 saturated carbocycles. The highest BCUT2D eigenvalue weighted by molar-refractivity contribution is 5.11. The molecular weight excluding hydrogens is 216 g/mol. The molecule has 2 rings (SSSR count). The first-order valence-corrected chi connectivity index (χ1v) is 6.15. The standard InChI is InChI=1S/C12H20N4O/c1-2-3-16-4-5-17-11(8-16)12(13)10-6-14-9-15-7-10/h6-7,9,11-12H,2-5,8,13H2,1H3. The van der Waals surface area contributed by atoms with Gasteiger partial charge >= 0.3 is 0 Å². The van der Waals surface area contributed by atoms with E-state index in [2.05, 4.69) is 21.8 Å². The Bertz CT molecular complexity index is 331. The highest BCUT2D eigenvalue weighted by atomic mass is 16.5. The zero-order valence-electron chi connectivity index (χ0n) is 10.2. The third-order valence-electron chi connectivity index (χ3n) is 3.08. The first-order valence-electron chi connectivity index (χ1n) is 6.15. The summed E-state index contributed by atoms with van der Waals surface area (Å²) in [5, 5.41) is 0. The summed E-state index contributed by atoms with van der Waals surface area (Å²) in [7, 11) is 0. The van der Waals surface area contributed by atoms with Crippen LogP contribution in [0.4, 0.5) is 0 Å². The Morgan fingerprint density at radius 2 is 2.29 bits per heavy atom. The molecule has 2 N–H and O–H groups in total. The van der Waals surface area contributed by atoms with Gasteiger partial charge in [-0.25, -0.2) is 9.97 Å². The molecule has 1 aromatic heterocycles. The number of aromatic nitrogens is 2. The van der Waals surface area contributed by atoms with E-state index in [-0.39, 0.29) is 12.1 Å². The van der Waals surface area contributed by atoms with Crippen LogP contribution in [-0.4, -0.2) is 47.2 Å². The van der Waals surface area contributed by atoms with Gasteiger partial charge in [-0.1, -0.05) is 6.92 Å². The minimum Gasteiger partial charge on any atom is -0.374 e. The highest BCUT2D eigenvalue weighted by Gasteiger charge is 2.26. The van der Waals surface area contributed by atoms with Gasteiger partial charge < -0.3 is 10.5 Å². The lowest BCUT2D eigenvalue weighted by molar-refractivity contribution is -0.0408. The quantitative estimate of drug-likeness (QED) is 0.828. The van der Waals surface area contributed by atoms with Gasteiger partial charge in [0.05, 0.1) is 18.8 Å². The zero-order chi connectivity index (χ0) is 12.1. The van der Waals surface area contributed by atoms with Crippen molar-refractivity contribution in [2.75, 3.05) is 26.2 Å². The first-order chi connectivity index (χ1) is 8.31. The average Bonchev–Trinajstić information content (AvgIpc) is 2.40.